The van der Waals surface area contributed by atoms with Crippen LogP contribution in [0.2, 0.25) is 5.02 Å². The second-order valence-corrected chi connectivity index (χ2v) is 4.36. The average molecular weight is 237 g/mol. The van der Waals surface area contributed by atoms with Crippen molar-refractivity contribution in [2.75, 3.05) is 0 Å². The predicted molar refractivity (Wildman–Crippen MR) is 65.6 cm³/mol. The molecule has 16 heavy (non-hydrogen) atoms. The summed E-state index contributed by atoms with van der Waals surface area (Å²) in [7, 11) is 1.97. The maximum Gasteiger partial charge on any atom is 0.221 e. The van der Waals surface area contributed by atoms with Gasteiger partial charge < -0.3 is 10.3 Å². The van der Waals surface area contributed by atoms with Crippen molar-refractivity contribution in [2.45, 2.75) is 13.3 Å². The number of benzene rings is 1. The smallest absolute Gasteiger partial charge is 0.221 e. The van der Waals surface area contributed by atoms with Crippen LogP contribution in [0.3, 0.4) is 0 Å². The summed E-state index contributed by atoms with van der Waals surface area (Å²) in [5.74, 6) is -0.324. The van der Waals surface area contributed by atoms with Gasteiger partial charge in [-0.3, -0.25) is 4.79 Å². The van der Waals surface area contributed by atoms with Crippen molar-refractivity contribution in [1.82, 2.24) is 4.57 Å². The average Bonchev–Trinajstić information content (AvgIpc) is 2.43. The van der Waals surface area contributed by atoms with Crippen LogP contribution in [0.1, 0.15) is 11.3 Å². The van der Waals surface area contributed by atoms with Crippen molar-refractivity contribution >= 4 is 28.4 Å². The molecule has 0 saturated heterocycles. The zero-order valence-corrected chi connectivity index (χ0v) is 10.0. The molecule has 84 valence electrons. The zero-order chi connectivity index (χ0) is 11.9. The van der Waals surface area contributed by atoms with Gasteiger partial charge in [-0.1, -0.05) is 11.6 Å². The van der Waals surface area contributed by atoms with E-state index in [-0.39, 0.29) is 12.3 Å². The summed E-state index contributed by atoms with van der Waals surface area (Å²) in [5.41, 5.74) is 8.34. The predicted octanol–water partition coefficient (Wildman–Crippen LogP) is 2.17. The molecule has 0 saturated carbocycles. The maximum atomic E-state index is 11.0. The monoisotopic (exact) mass is 236 g/mol. The normalized spacial score (nSPS) is 10.9. The largest absolute Gasteiger partial charge is 0.369 e. The molecule has 0 radical (unpaired) electrons. The molecule has 3 nitrogen and oxygen atoms in total. The van der Waals surface area contributed by atoms with E-state index in [1.807, 2.05) is 36.7 Å². The molecular weight excluding hydrogens is 224 g/mol. The van der Waals surface area contributed by atoms with Crippen molar-refractivity contribution in [2.24, 2.45) is 12.8 Å². The Morgan fingerprint density at radius 2 is 2.19 bits per heavy atom. The first kappa shape index (κ1) is 11.0. The Hall–Kier alpha value is -1.48. The van der Waals surface area contributed by atoms with E-state index in [4.69, 9.17) is 17.3 Å². The minimum Gasteiger partial charge on any atom is -0.369 e. The third kappa shape index (κ3) is 1.67. The summed E-state index contributed by atoms with van der Waals surface area (Å²) < 4.78 is 2.05. The van der Waals surface area contributed by atoms with E-state index in [2.05, 4.69) is 0 Å². The minimum atomic E-state index is -0.324. The van der Waals surface area contributed by atoms with Crippen molar-refractivity contribution in [1.29, 1.82) is 0 Å². The second-order valence-electron chi connectivity index (χ2n) is 3.93. The lowest BCUT2D eigenvalue weighted by Crippen LogP contribution is -2.14. The molecule has 0 aliphatic rings. The molecule has 1 aromatic heterocycles. The van der Waals surface area contributed by atoms with E-state index in [0.717, 1.165) is 22.2 Å². The van der Waals surface area contributed by atoms with Gasteiger partial charge in [0, 0.05) is 28.7 Å². The molecule has 0 spiro atoms. The van der Waals surface area contributed by atoms with Gasteiger partial charge in [0.15, 0.2) is 0 Å². The number of fused-ring (bicyclic) bond motifs is 1. The summed E-state index contributed by atoms with van der Waals surface area (Å²) in [5, 5.41) is 1.68. The first-order chi connectivity index (χ1) is 7.50. The van der Waals surface area contributed by atoms with E-state index in [9.17, 15) is 4.79 Å². The fraction of sp³-hybridized carbons (Fsp3) is 0.250. The van der Waals surface area contributed by atoms with Crippen molar-refractivity contribution in [3.8, 4) is 0 Å². The number of nitrogens with zero attached hydrogens (tertiary/aromatic N) is 1. The van der Waals surface area contributed by atoms with Crippen LogP contribution in [-0.4, -0.2) is 10.5 Å². The quantitative estimate of drug-likeness (QED) is 0.854. The van der Waals surface area contributed by atoms with E-state index < -0.39 is 0 Å². The third-order valence-electron chi connectivity index (χ3n) is 2.94. The number of rotatable bonds is 2. The van der Waals surface area contributed by atoms with Crippen LogP contribution >= 0.6 is 11.6 Å². The fourth-order valence-electron chi connectivity index (χ4n) is 2.02. The number of carbonyl (C=O) groups is 1. The van der Waals surface area contributed by atoms with Gasteiger partial charge in [0.1, 0.15) is 0 Å². The van der Waals surface area contributed by atoms with E-state index >= 15 is 0 Å². The maximum absolute atomic E-state index is 11.0. The molecule has 2 rings (SSSR count). The molecule has 2 aromatic rings. The molecule has 1 heterocycles. The van der Waals surface area contributed by atoms with Crippen LogP contribution in [0.25, 0.3) is 10.9 Å². The Kier molecular flexibility index (Phi) is 2.64. The SMILES string of the molecule is Cc1c(CC(N)=O)c2cc(Cl)ccc2n1C. The second kappa shape index (κ2) is 3.83. The van der Waals surface area contributed by atoms with Gasteiger partial charge in [-0.2, -0.15) is 0 Å². The highest BCUT2D eigenvalue weighted by Crippen LogP contribution is 2.27. The summed E-state index contributed by atoms with van der Waals surface area (Å²) in [6, 6.07) is 5.68. The molecule has 2 N–H and O–H groups in total. The summed E-state index contributed by atoms with van der Waals surface area (Å²) >= 11 is 5.96. The summed E-state index contributed by atoms with van der Waals surface area (Å²) in [4.78, 5) is 11.0. The van der Waals surface area contributed by atoms with Gasteiger partial charge in [-0.05, 0) is 30.7 Å². The lowest BCUT2D eigenvalue weighted by molar-refractivity contribution is -0.117. The van der Waals surface area contributed by atoms with Crippen LogP contribution in [-0.2, 0) is 18.3 Å². The number of halogens is 1. The van der Waals surface area contributed by atoms with Gasteiger partial charge in [-0.25, -0.2) is 0 Å². The molecule has 0 atom stereocenters. The lowest BCUT2D eigenvalue weighted by atomic mass is 10.1. The number of aromatic nitrogens is 1. The molecule has 0 unspecified atom stereocenters. The van der Waals surface area contributed by atoms with Gasteiger partial charge in [0.05, 0.1) is 6.42 Å². The Labute approximate surface area is 98.8 Å². The van der Waals surface area contributed by atoms with Gasteiger partial charge in [-0.15, -0.1) is 0 Å². The molecule has 0 bridgehead atoms. The molecule has 4 heteroatoms. The highest BCUT2D eigenvalue weighted by Gasteiger charge is 2.13. The van der Waals surface area contributed by atoms with Gasteiger partial charge >= 0.3 is 0 Å². The van der Waals surface area contributed by atoms with Crippen molar-refractivity contribution < 1.29 is 4.79 Å². The highest BCUT2D eigenvalue weighted by molar-refractivity contribution is 6.31. The molecule has 0 aliphatic carbocycles. The zero-order valence-electron chi connectivity index (χ0n) is 9.25. The molecule has 0 aliphatic heterocycles. The van der Waals surface area contributed by atoms with Crippen molar-refractivity contribution in [3.63, 3.8) is 0 Å². The molecule has 0 fully saturated rings. The number of hydrogen-bond acceptors (Lipinski definition) is 1. The fourth-order valence-corrected chi connectivity index (χ4v) is 2.19. The Morgan fingerprint density at radius 3 is 2.81 bits per heavy atom. The summed E-state index contributed by atoms with van der Waals surface area (Å²) in [6.45, 7) is 1.98. The first-order valence-corrected chi connectivity index (χ1v) is 5.40. The van der Waals surface area contributed by atoms with Crippen LogP contribution in [0, 0.1) is 6.92 Å². The molecule has 1 aromatic carbocycles. The molecular formula is C12H13ClN2O. The minimum absolute atomic E-state index is 0.253. The van der Waals surface area contributed by atoms with E-state index in [1.54, 1.807) is 0 Å². The Morgan fingerprint density at radius 1 is 1.50 bits per heavy atom. The van der Waals surface area contributed by atoms with E-state index in [1.165, 1.54) is 0 Å². The number of nitrogens with two attached hydrogens (primary N) is 1. The third-order valence-corrected chi connectivity index (χ3v) is 3.17. The van der Waals surface area contributed by atoms with E-state index in [0.29, 0.717) is 5.02 Å². The van der Waals surface area contributed by atoms with Crippen molar-refractivity contribution in [3.05, 3.63) is 34.5 Å². The number of amides is 1. The highest BCUT2D eigenvalue weighted by atomic mass is 35.5. The van der Waals surface area contributed by atoms with Gasteiger partial charge in [0.25, 0.3) is 0 Å². The van der Waals surface area contributed by atoms with Crippen LogP contribution < -0.4 is 5.73 Å². The lowest BCUT2D eigenvalue weighted by Gasteiger charge is -1.99. The topological polar surface area (TPSA) is 48.0 Å². The first-order valence-electron chi connectivity index (χ1n) is 5.02. The number of hydrogen-bond donors (Lipinski definition) is 1. The van der Waals surface area contributed by atoms with Crippen LogP contribution in [0.4, 0.5) is 0 Å². The number of carbonyl (C=O) groups excluding carboxylic acids is 1. The van der Waals surface area contributed by atoms with Crippen LogP contribution in [0.15, 0.2) is 18.2 Å². The summed E-state index contributed by atoms with van der Waals surface area (Å²) in [6.07, 6.45) is 0.253. The Balaban J connectivity index is 2.75. The number of aryl methyl sites for hydroxylation is 1. The van der Waals surface area contributed by atoms with Gasteiger partial charge in [0.2, 0.25) is 5.91 Å². The standard InChI is InChI=1S/C12H13ClN2O/c1-7-9(6-12(14)16)10-5-8(13)3-4-11(10)15(7)2/h3-5H,6H2,1-2H3,(H2,14,16). The van der Waals surface area contributed by atoms with Crippen LogP contribution in [0.5, 0.6) is 0 Å². The molecule has 1 amide bonds. The number of primary amides is 1. The Bertz CT molecular complexity index is 572.